The van der Waals surface area contributed by atoms with Crippen LogP contribution in [0.4, 0.5) is 0 Å². The third-order valence-electron chi connectivity index (χ3n) is 3.77. The smallest absolute Gasteiger partial charge is 0.0345 e. The van der Waals surface area contributed by atoms with Crippen molar-refractivity contribution in [3.05, 3.63) is 35.2 Å². The highest BCUT2D eigenvalue weighted by Crippen LogP contribution is 2.32. The van der Waals surface area contributed by atoms with Crippen LogP contribution in [0.25, 0.3) is 10.1 Å². The van der Waals surface area contributed by atoms with Gasteiger partial charge in [-0.15, -0.1) is 11.3 Å². The van der Waals surface area contributed by atoms with Gasteiger partial charge in [-0.1, -0.05) is 24.6 Å². The van der Waals surface area contributed by atoms with Gasteiger partial charge in [0.1, 0.15) is 0 Å². The highest BCUT2D eigenvalue weighted by Gasteiger charge is 2.24. The first-order valence-electron chi connectivity index (χ1n) is 6.05. The van der Waals surface area contributed by atoms with Gasteiger partial charge in [0, 0.05) is 10.7 Å². The minimum atomic E-state index is 0.367. The summed E-state index contributed by atoms with van der Waals surface area (Å²) in [6, 6.07) is 9.00. The van der Waals surface area contributed by atoms with Crippen molar-refractivity contribution < 1.29 is 0 Å². The Morgan fingerprint density at radius 1 is 1.31 bits per heavy atom. The Kier molecular flexibility index (Phi) is 2.70. The molecule has 1 aliphatic rings. The van der Waals surface area contributed by atoms with Gasteiger partial charge in [-0.05, 0) is 47.6 Å². The third kappa shape index (κ3) is 1.76. The molecule has 1 heterocycles. The summed E-state index contributed by atoms with van der Waals surface area (Å²) in [6.07, 6.45) is 5.10. The molecule has 0 saturated heterocycles. The van der Waals surface area contributed by atoms with Gasteiger partial charge in [0.2, 0.25) is 0 Å². The molecule has 1 nitrogen and oxygen atoms in total. The van der Waals surface area contributed by atoms with Gasteiger partial charge < -0.3 is 5.73 Å². The molecular weight excluding hydrogens is 214 g/mol. The summed E-state index contributed by atoms with van der Waals surface area (Å²) in [5, 5.41) is 3.69. The van der Waals surface area contributed by atoms with E-state index in [1.807, 2.05) is 11.3 Å². The molecule has 0 aliphatic heterocycles. The molecule has 1 unspecified atom stereocenters. The second-order valence-corrected chi connectivity index (χ2v) is 5.73. The van der Waals surface area contributed by atoms with Crippen LogP contribution in [0, 0.1) is 5.92 Å². The molecule has 0 spiro atoms. The summed E-state index contributed by atoms with van der Waals surface area (Å²) >= 11 is 1.84. The Labute approximate surface area is 100 Å². The average Bonchev–Trinajstić information content (AvgIpc) is 2.59. The van der Waals surface area contributed by atoms with Crippen molar-refractivity contribution in [1.29, 1.82) is 0 Å². The Bertz CT molecular complexity index is 484. The number of hydrogen-bond donors (Lipinski definition) is 1. The van der Waals surface area contributed by atoms with E-state index in [-0.39, 0.29) is 0 Å². The van der Waals surface area contributed by atoms with Crippen molar-refractivity contribution in [2.24, 2.45) is 11.7 Å². The minimum absolute atomic E-state index is 0.367. The van der Waals surface area contributed by atoms with E-state index < -0.39 is 0 Å². The van der Waals surface area contributed by atoms with E-state index in [2.05, 4.69) is 29.6 Å². The molecule has 1 fully saturated rings. The molecule has 0 amide bonds. The lowest BCUT2D eigenvalue weighted by Gasteiger charge is -2.31. The van der Waals surface area contributed by atoms with Crippen LogP contribution < -0.4 is 5.73 Å². The first-order chi connectivity index (χ1) is 7.84. The van der Waals surface area contributed by atoms with E-state index in [4.69, 9.17) is 5.73 Å². The van der Waals surface area contributed by atoms with Crippen molar-refractivity contribution in [3.8, 4) is 0 Å². The summed E-state index contributed by atoms with van der Waals surface area (Å²) in [5.41, 5.74) is 7.71. The molecule has 3 rings (SSSR count). The lowest BCUT2D eigenvalue weighted by atomic mass is 9.78. The first kappa shape index (κ1) is 10.3. The van der Waals surface area contributed by atoms with E-state index in [0.29, 0.717) is 6.04 Å². The SMILES string of the molecule is NC(Cc1csc2ccccc12)C1CCC1. The van der Waals surface area contributed by atoms with Crippen molar-refractivity contribution in [2.75, 3.05) is 0 Å². The van der Waals surface area contributed by atoms with Crippen LogP contribution in [0.3, 0.4) is 0 Å². The van der Waals surface area contributed by atoms with Gasteiger partial charge in [0.25, 0.3) is 0 Å². The fourth-order valence-electron chi connectivity index (χ4n) is 2.48. The summed E-state index contributed by atoms with van der Waals surface area (Å²) in [4.78, 5) is 0. The normalized spacial score (nSPS) is 18.6. The van der Waals surface area contributed by atoms with Gasteiger partial charge >= 0.3 is 0 Å². The number of rotatable bonds is 3. The summed E-state index contributed by atoms with van der Waals surface area (Å²) < 4.78 is 1.39. The van der Waals surface area contributed by atoms with Gasteiger partial charge in [-0.3, -0.25) is 0 Å². The molecule has 1 saturated carbocycles. The number of nitrogens with two attached hydrogens (primary N) is 1. The molecular formula is C14H17NS. The Hall–Kier alpha value is -0.860. The van der Waals surface area contributed by atoms with Gasteiger partial charge in [-0.2, -0.15) is 0 Å². The molecule has 2 heteroatoms. The quantitative estimate of drug-likeness (QED) is 0.858. The van der Waals surface area contributed by atoms with Gasteiger partial charge in [-0.25, -0.2) is 0 Å². The lowest BCUT2D eigenvalue weighted by Crippen LogP contribution is -2.36. The van der Waals surface area contributed by atoms with Crippen molar-refractivity contribution >= 4 is 21.4 Å². The molecule has 1 aromatic carbocycles. The zero-order chi connectivity index (χ0) is 11.0. The van der Waals surface area contributed by atoms with E-state index in [1.165, 1.54) is 34.9 Å². The molecule has 1 aromatic heterocycles. The van der Waals surface area contributed by atoms with E-state index >= 15 is 0 Å². The van der Waals surface area contributed by atoms with E-state index in [9.17, 15) is 0 Å². The highest BCUT2D eigenvalue weighted by molar-refractivity contribution is 7.17. The molecule has 2 N–H and O–H groups in total. The predicted molar refractivity (Wildman–Crippen MR) is 70.8 cm³/mol. The van der Waals surface area contributed by atoms with Crippen LogP contribution in [0.1, 0.15) is 24.8 Å². The average molecular weight is 231 g/mol. The monoisotopic (exact) mass is 231 g/mol. The molecule has 2 aromatic rings. The van der Waals surface area contributed by atoms with Gasteiger partial charge in [0.05, 0.1) is 0 Å². The van der Waals surface area contributed by atoms with Crippen molar-refractivity contribution in [1.82, 2.24) is 0 Å². The highest BCUT2D eigenvalue weighted by atomic mass is 32.1. The molecule has 0 bridgehead atoms. The van der Waals surface area contributed by atoms with Crippen molar-refractivity contribution in [2.45, 2.75) is 31.7 Å². The second-order valence-electron chi connectivity index (χ2n) is 4.82. The number of hydrogen-bond acceptors (Lipinski definition) is 2. The van der Waals surface area contributed by atoms with Crippen LogP contribution in [0.15, 0.2) is 29.6 Å². The topological polar surface area (TPSA) is 26.0 Å². The van der Waals surface area contributed by atoms with Crippen molar-refractivity contribution in [3.63, 3.8) is 0 Å². The van der Waals surface area contributed by atoms with Crippen LogP contribution in [0.5, 0.6) is 0 Å². The molecule has 84 valence electrons. The fourth-order valence-corrected chi connectivity index (χ4v) is 3.46. The molecule has 16 heavy (non-hydrogen) atoms. The van der Waals surface area contributed by atoms with E-state index in [1.54, 1.807) is 0 Å². The predicted octanol–water partition coefficient (Wildman–Crippen LogP) is 3.57. The summed E-state index contributed by atoms with van der Waals surface area (Å²) in [5.74, 6) is 0.777. The number of thiophene rings is 1. The van der Waals surface area contributed by atoms with Crippen LogP contribution >= 0.6 is 11.3 Å². The Morgan fingerprint density at radius 2 is 2.12 bits per heavy atom. The molecule has 1 atom stereocenters. The van der Waals surface area contributed by atoms with E-state index in [0.717, 1.165) is 12.3 Å². The molecule has 0 radical (unpaired) electrons. The molecule has 1 aliphatic carbocycles. The second kappa shape index (κ2) is 4.19. The number of fused-ring (bicyclic) bond motifs is 1. The summed E-state index contributed by atoms with van der Waals surface area (Å²) in [7, 11) is 0. The zero-order valence-electron chi connectivity index (χ0n) is 9.36. The maximum Gasteiger partial charge on any atom is 0.0345 e. The fraction of sp³-hybridized carbons (Fsp3) is 0.429. The van der Waals surface area contributed by atoms with Crippen LogP contribution in [-0.2, 0) is 6.42 Å². The number of benzene rings is 1. The summed E-state index contributed by atoms with van der Waals surface area (Å²) in [6.45, 7) is 0. The van der Waals surface area contributed by atoms with Crippen LogP contribution in [-0.4, -0.2) is 6.04 Å². The minimum Gasteiger partial charge on any atom is -0.327 e. The Balaban J connectivity index is 1.83. The zero-order valence-corrected chi connectivity index (χ0v) is 10.2. The first-order valence-corrected chi connectivity index (χ1v) is 6.93. The lowest BCUT2D eigenvalue weighted by molar-refractivity contribution is 0.261. The largest absolute Gasteiger partial charge is 0.327 e. The standard InChI is InChI=1S/C14H17NS/c15-13(10-4-3-5-10)8-11-9-16-14-7-2-1-6-12(11)14/h1-2,6-7,9-10,13H,3-5,8,15H2. The Morgan fingerprint density at radius 3 is 2.88 bits per heavy atom. The van der Waals surface area contributed by atoms with Crippen LogP contribution in [0.2, 0.25) is 0 Å². The third-order valence-corrected chi connectivity index (χ3v) is 4.78. The van der Waals surface area contributed by atoms with Gasteiger partial charge in [0.15, 0.2) is 0 Å². The maximum atomic E-state index is 6.27. The maximum absolute atomic E-state index is 6.27.